The molecule has 0 aliphatic rings. The summed E-state index contributed by atoms with van der Waals surface area (Å²) >= 11 is 1.81. The standard InChI is InChI=1S/C12H19NOS/c1-4-15-12-7-5-6-11(10(12)8-13)14-9(2)3/h5-7,9H,4,8,13H2,1-3H3. The molecular formula is C12H19NOS. The molecule has 0 bridgehead atoms. The van der Waals surface area contributed by atoms with E-state index >= 15 is 0 Å². The van der Waals surface area contributed by atoms with Gasteiger partial charge in [-0.3, -0.25) is 0 Å². The van der Waals surface area contributed by atoms with Crippen molar-refractivity contribution >= 4 is 11.8 Å². The molecule has 1 rings (SSSR count). The molecule has 0 heterocycles. The van der Waals surface area contributed by atoms with Gasteiger partial charge in [-0.1, -0.05) is 13.0 Å². The van der Waals surface area contributed by atoms with Crippen LogP contribution in [0.5, 0.6) is 5.75 Å². The molecule has 1 aromatic carbocycles. The lowest BCUT2D eigenvalue weighted by molar-refractivity contribution is 0.239. The lowest BCUT2D eigenvalue weighted by Gasteiger charge is -2.15. The molecule has 0 amide bonds. The van der Waals surface area contributed by atoms with Gasteiger partial charge in [-0.05, 0) is 31.7 Å². The van der Waals surface area contributed by atoms with Crippen LogP contribution in [0.15, 0.2) is 23.1 Å². The van der Waals surface area contributed by atoms with Crippen molar-refractivity contribution < 1.29 is 4.74 Å². The first-order valence-electron chi connectivity index (χ1n) is 5.30. The van der Waals surface area contributed by atoms with Crippen molar-refractivity contribution in [1.82, 2.24) is 0 Å². The minimum absolute atomic E-state index is 0.192. The molecule has 0 radical (unpaired) electrons. The molecule has 0 aromatic heterocycles. The Balaban J connectivity index is 2.98. The van der Waals surface area contributed by atoms with Crippen molar-refractivity contribution in [1.29, 1.82) is 0 Å². The minimum Gasteiger partial charge on any atom is -0.491 e. The Bertz CT molecular complexity index is 312. The maximum atomic E-state index is 5.76. The van der Waals surface area contributed by atoms with Crippen LogP contribution in [0.25, 0.3) is 0 Å². The molecule has 0 saturated heterocycles. The highest BCUT2D eigenvalue weighted by Gasteiger charge is 2.08. The Hall–Kier alpha value is -0.670. The van der Waals surface area contributed by atoms with Gasteiger partial charge in [0, 0.05) is 17.0 Å². The second-order valence-corrected chi connectivity index (χ2v) is 4.84. The largest absolute Gasteiger partial charge is 0.491 e. The molecule has 0 aliphatic heterocycles. The van der Waals surface area contributed by atoms with Gasteiger partial charge < -0.3 is 10.5 Å². The summed E-state index contributed by atoms with van der Waals surface area (Å²) in [6.45, 7) is 6.73. The second kappa shape index (κ2) is 6.03. The number of rotatable bonds is 5. The van der Waals surface area contributed by atoms with Crippen molar-refractivity contribution in [3.05, 3.63) is 23.8 Å². The molecule has 3 heteroatoms. The van der Waals surface area contributed by atoms with Crippen LogP contribution in [-0.2, 0) is 6.54 Å². The van der Waals surface area contributed by atoms with Crippen LogP contribution in [0.3, 0.4) is 0 Å². The fraction of sp³-hybridized carbons (Fsp3) is 0.500. The van der Waals surface area contributed by atoms with E-state index in [0.717, 1.165) is 17.1 Å². The third kappa shape index (κ3) is 3.43. The van der Waals surface area contributed by atoms with E-state index in [4.69, 9.17) is 10.5 Å². The topological polar surface area (TPSA) is 35.2 Å². The summed E-state index contributed by atoms with van der Waals surface area (Å²) in [7, 11) is 0. The summed E-state index contributed by atoms with van der Waals surface area (Å²) in [5, 5.41) is 0. The van der Waals surface area contributed by atoms with Crippen LogP contribution in [0, 0.1) is 0 Å². The summed E-state index contributed by atoms with van der Waals surface area (Å²) in [6.07, 6.45) is 0.192. The molecule has 0 atom stereocenters. The molecule has 0 fully saturated rings. The van der Waals surface area contributed by atoms with Gasteiger partial charge in [0.1, 0.15) is 5.75 Å². The zero-order valence-corrected chi connectivity index (χ0v) is 10.4. The summed E-state index contributed by atoms with van der Waals surface area (Å²) in [6, 6.07) is 6.11. The number of ether oxygens (including phenoxy) is 1. The lowest BCUT2D eigenvalue weighted by Crippen LogP contribution is -2.10. The second-order valence-electron chi connectivity index (χ2n) is 3.54. The maximum absolute atomic E-state index is 5.76. The Morgan fingerprint density at radius 1 is 1.40 bits per heavy atom. The molecule has 0 saturated carbocycles. The fourth-order valence-corrected chi connectivity index (χ4v) is 2.25. The van der Waals surface area contributed by atoms with Gasteiger partial charge in [0.05, 0.1) is 6.10 Å². The average molecular weight is 225 g/mol. The molecule has 0 aliphatic carbocycles. The van der Waals surface area contributed by atoms with Crippen molar-refractivity contribution in [3.8, 4) is 5.75 Å². The Morgan fingerprint density at radius 2 is 2.13 bits per heavy atom. The number of nitrogens with two attached hydrogens (primary N) is 1. The van der Waals surface area contributed by atoms with E-state index in [1.807, 2.05) is 37.7 Å². The van der Waals surface area contributed by atoms with Crippen molar-refractivity contribution in [2.24, 2.45) is 5.73 Å². The number of benzene rings is 1. The molecule has 0 unspecified atom stereocenters. The Morgan fingerprint density at radius 3 is 2.67 bits per heavy atom. The van der Waals surface area contributed by atoms with Gasteiger partial charge in [0.15, 0.2) is 0 Å². The fourth-order valence-electron chi connectivity index (χ4n) is 1.40. The molecule has 1 aromatic rings. The first kappa shape index (κ1) is 12.4. The van der Waals surface area contributed by atoms with Crippen LogP contribution in [0.4, 0.5) is 0 Å². The van der Waals surface area contributed by atoms with E-state index in [2.05, 4.69) is 13.0 Å². The lowest BCUT2D eigenvalue weighted by atomic mass is 10.2. The van der Waals surface area contributed by atoms with Crippen LogP contribution in [0.2, 0.25) is 0 Å². The Kier molecular flexibility index (Phi) is 4.99. The van der Waals surface area contributed by atoms with Crippen molar-refractivity contribution in [2.45, 2.75) is 38.3 Å². The van der Waals surface area contributed by atoms with Crippen molar-refractivity contribution in [3.63, 3.8) is 0 Å². The number of hydrogen-bond acceptors (Lipinski definition) is 3. The van der Waals surface area contributed by atoms with Gasteiger partial charge in [-0.2, -0.15) is 0 Å². The van der Waals surface area contributed by atoms with Crippen LogP contribution in [0.1, 0.15) is 26.3 Å². The van der Waals surface area contributed by atoms with E-state index in [1.54, 1.807) is 0 Å². The maximum Gasteiger partial charge on any atom is 0.125 e. The first-order valence-corrected chi connectivity index (χ1v) is 6.29. The van der Waals surface area contributed by atoms with E-state index in [1.165, 1.54) is 4.90 Å². The molecule has 0 spiro atoms. The van der Waals surface area contributed by atoms with Crippen molar-refractivity contribution in [2.75, 3.05) is 5.75 Å². The highest BCUT2D eigenvalue weighted by Crippen LogP contribution is 2.30. The average Bonchev–Trinajstić information content (AvgIpc) is 2.18. The summed E-state index contributed by atoms with van der Waals surface area (Å²) < 4.78 is 5.73. The Labute approximate surface area is 96.2 Å². The quantitative estimate of drug-likeness (QED) is 0.782. The van der Waals surface area contributed by atoms with Crippen LogP contribution >= 0.6 is 11.8 Å². The van der Waals surface area contributed by atoms with Crippen LogP contribution < -0.4 is 10.5 Å². The summed E-state index contributed by atoms with van der Waals surface area (Å²) in [5.74, 6) is 1.98. The zero-order chi connectivity index (χ0) is 11.3. The third-order valence-corrected chi connectivity index (χ3v) is 2.94. The molecule has 84 valence electrons. The molecule has 2 nitrogen and oxygen atoms in total. The molecular weight excluding hydrogens is 206 g/mol. The van der Waals surface area contributed by atoms with E-state index in [0.29, 0.717) is 6.54 Å². The van der Waals surface area contributed by atoms with Gasteiger partial charge in [0.2, 0.25) is 0 Å². The first-order chi connectivity index (χ1) is 7.19. The highest BCUT2D eigenvalue weighted by molar-refractivity contribution is 7.99. The monoisotopic (exact) mass is 225 g/mol. The smallest absolute Gasteiger partial charge is 0.125 e. The van der Waals surface area contributed by atoms with Gasteiger partial charge in [-0.25, -0.2) is 0 Å². The third-order valence-electron chi connectivity index (χ3n) is 1.96. The summed E-state index contributed by atoms with van der Waals surface area (Å²) in [4.78, 5) is 1.23. The zero-order valence-electron chi connectivity index (χ0n) is 9.62. The normalized spacial score (nSPS) is 10.7. The SMILES string of the molecule is CCSc1cccc(OC(C)C)c1CN. The predicted molar refractivity (Wildman–Crippen MR) is 66.5 cm³/mol. The predicted octanol–water partition coefficient (Wildman–Crippen LogP) is 3.04. The number of hydrogen-bond donors (Lipinski definition) is 1. The molecule has 2 N–H and O–H groups in total. The summed E-state index contributed by atoms with van der Waals surface area (Å²) in [5.41, 5.74) is 6.89. The highest BCUT2D eigenvalue weighted by atomic mass is 32.2. The van der Waals surface area contributed by atoms with E-state index < -0.39 is 0 Å². The van der Waals surface area contributed by atoms with Gasteiger partial charge in [-0.15, -0.1) is 11.8 Å². The van der Waals surface area contributed by atoms with Gasteiger partial charge >= 0.3 is 0 Å². The molecule has 15 heavy (non-hydrogen) atoms. The number of thioether (sulfide) groups is 1. The van der Waals surface area contributed by atoms with E-state index in [-0.39, 0.29) is 6.10 Å². The van der Waals surface area contributed by atoms with Crippen LogP contribution in [-0.4, -0.2) is 11.9 Å². The van der Waals surface area contributed by atoms with E-state index in [9.17, 15) is 0 Å². The minimum atomic E-state index is 0.192. The van der Waals surface area contributed by atoms with Gasteiger partial charge in [0.25, 0.3) is 0 Å².